The number of aliphatic hydroxyl groups excluding tert-OH is 1. The minimum atomic E-state index is -0.0932. The number of benzene rings is 1. The number of aliphatic hydroxyl groups is 1. The van der Waals surface area contributed by atoms with E-state index >= 15 is 0 Å². The first-order valence-corrected chi connectivity index (χ1v) is 6.39. The van der Waals surface area contributed by atoms with Crippen LogP contribution in [0.1, 0.15) is 18.4 Å². The van der Waals surface area contributed by atoms with Gasteiger partial charge in [-0.1, -0.05) is 17.7 Å². The van der Waals surface area contributed by atoms with Crippen molar-refractivity contribution >= 4 is 23.2 Å². The summed E-state index contributed by atoms with van der Waals surface area (Å²) in [5.74, 6) is -0.0932. The predicted molar refractivity (Wildman–Crippen MR) is 74.0 cm³/mol. The van der Waals surface area contributed by atoms with Crippen LogP contribution in [-0.4, -0.2) is 30.7 Å². The van der Waals surface area contributed by atoms with Crippen molar-refractivity contribution in [1.29, 1.82) is 0 Å². The van der Waals surface area contributed by atoms with Gasteiger partial charge in [-0.2, -0.15) is 0 Å². The van der Waals surface area contributed by atoms with Crippen molar-refractivity contribution in [1.82, 2.24) is 5.32 Å². The summed E-state index contributed by atoms with van der Waals surface area (Å²) in [5, 5.41) is 15.0. The zero-order valence-corrected chi connectivity index (χ0v) is 11.3. The lowest BCUT2D eigenvalue weighted by Crippen LogP contribution is -2.29. The number of carbonyl (C=O) groups excluding carboxylic acids is 1. The molecule has 1 aromatic carbocycles. The molecule has 0 spiro atoms. The Morgan fingerprint density at radius 3 is 2.89 bits per heavy atom. The molecule has 0 aromatic heterocycles. The second-order valence-electron chi connectivity index (χ2n) is 4.11. The summed E-state index contributed by atoms with van der Waals surface area (Å²) >= 11 is 5.87. The van der Waals surface area contributed by atoms with E-state index in [9.17, 15) is 4.79 Å². The zero-order valence-electron chi connectivity index (χ0n) is 10.5. The number of nitrogens with one attached hydrogen (secondary N) is 2. The van der Waals surface area contributed by atoms with E-state index in [4.69, 9.17) is 16.7 Å². The van der Waals surface area contributed by atoms with E-state index in [0.717, 1.165) is 30.6 Å². The van der Waals surface area contributed by atoms with E-state index in [-0.39, 0.29) is 19.1 Å². The molecule has 0 fully saturated rings. The fourth-order valence-corrected chi connectivity index (χ4v) is 1.66. The molecule has 0 atom stereocenters. The van der Waals surface area contributed by atoms with Crippen LogP contribution in [0.3, 0.4) is 0 Å². The summed E-state index contributed by atoms with van der Waals surface area (Å²) < 4.78 is 0. The minimum Gasteiger partial charge on any atom is -0.396 e. The molecular weight excluding hydrogens is 252 g/mol. The van der Waals surface area contributed by atoms with Gasteiger partial charge in [0.25, 0.3) is 0 Å². The van der Waals surface area contributed by atoms with E-state index in [1.165, 1.54) is 0 Å². The van der Waals surface area contributed by atoms with Gasteiger partial charge in [0.2, 0.25) is 5.91 Å². The fourth-order valence-electron chi connectivity index (χ4n) is 1.49. The van der Waals surface area contributed by atoms with Crippen LogP contribution in [0, 0.1) is 6.92 Å². The molecule has 3 N–H and O–H groups in total. The van der Waals surface area contributed by atoms with Gasteiger partial charge in [0.1, 0.15) is 0 Å². The van der Waals surface area contributed by atoms with Crippen LogP contribution in [-0.2, 0) is 4.79 Å². The van der Waals surface area contributed by atoms with Gasteiger partial charge in [-0.05, 0) is 44.0 Å². The van der Waals surface area contributed by atoms with E-state index in [0.29, 0.717) is 5.02 Å². The Balaban J connectivity index is 2.33. The molecular formula is C13H19ClN2O2. The molecule has 0 aliphatic heterocycles. The number of anilines is 1. The average Bonchev–Trinajstić information content (AvgIpc) is 2.33. The van der Waals surface area contributed by atoms with E-state index in [1.807, 2.05) is 13.0 Å². The Bertz CT molecular complexity index is 397. The number of amides is 1. The minimum absolute atomic E-state index is 0.0932. The van der Waals surface area contributed by atoms with Gasteiger partial charge in [0, 0.05) is 17.3 Å². The van der Waals surface area contributed by atoms with Crippen molar-refractivity contribution in [3.05, 3.63) is 28.8 Å². The maximum absolute atomic E-state index is 11.6. The number of unbranched alkanes of at least 4 members (excludes halogenated alkanes) is 1. The van der Waals surface area contributed by atoms with Crippen molar-refractivity contribution < 1.29 is 9.90 Å². The predicted octanol–water partition coefficient (Wildman–Crippen LogP) is 1.95. The highest BCUT2D eigenvalue weighted by Gasteiger charge is 2.04. The first-order valence-electron chi connectivity index (χ1n) is 6.01. The molecule has 0 saturated carbocycles. The molecule has 0 radical (unpaired) electrons. The first-order chi connectivity index (χ1) is 8.63. The summed E-state index contributed by atoms with van der Waals surface area (Å²) in [7, 11) is 0. The molecule has 0 heterocycles. The van der Waals surface area contributed by atoms with Crippen molar-refractivity contribution in [2.75, 3.05) is 25.0 Å². The van der Waals surface area contributed by atoms with Crippen LogP contribution >= 0.6 is 11.6 Å². The molecule has 0 aliphatic carbocycles. The lowest BCUT2D eigenvalue weighted by atomic mass is 10.2. The number of rotatable bonds is 7. The van der Waals surface area contributed by atoms with Crippen LogP contribution in [0.25, 0.3) is 0 Å². The number of aryl methyl sites for hydroxylation is 1. The van der Waals surface area contributed by atoms with Crippen LogP contribution in [0.5, 0.6) is 0 Å². The Labute approximate surface area is 112 Å². The molecule has 0 bridgehead atoms. The van der Waals surface area contributed by atoms with Gasteiger partial charge in [-0.3, -0.25) is 4.79 Å². The van der Waals surface area contributed by atoms with Crippen LogP contribution in [0.15, 0.2) is 18.2 Å². The molecule has 0 saturated heterocycles. The molecule has 4 nitrogen and oxygen atoms in total. The summed E-state index contributed by atoms with van der Waals surface area (Å²) in [4.78, 5) is 11.6. The Morgan fingerprint density at radius 1 is 1.39 bits per heavy atom. The van der Waals surface area contributed by atoms with Gasteiger partial charge in [0.05, 0.1) is 6.54 Å². The van der Waals surface area contributed by atoms with Gasteiger partial charge in [-0.15, -0.1) is 0 Å². The Morgan fingerprint density at radius 2 is 2.17 bits per heavy atom. The number of hydrogen-bond acceptors (Lipinski definition) is 3. The molecule has 18 heavy (non-hydrogen) atoms. The standard InChI is InChI=1S/C13H19ClN2O2/c1-10-4-5-11(14)8-12(10)16-13(18)9-15-6-2-3-7-17/h4-5,8,15,17H,2-3,6-7,9H2,1H3,(H,16,18). The lowest BCUT2D eigenvalue weighted by molar-refractivity contribution is -0.115. The monoisotopic (exact) mass is 270 g/mol. The SMILES string of the molecule is Cc1ccc(Cl)cc1NC(=O)CNCCCCO. The highest BCUT2D eigenvalue weighted by Crippen LogP contribution is 2.19. The summed E-state index contributed by atoms with van der Waals surface area (Å²) in [5.41, 5.74) is 1.72. The first kappa shape index (κ1) is 15.0. The number of halogens is 1. The van der Waals surface area contributed by atoms with Crippen molar-refractivity contribution in [2.45, 2.75) is 19.8 Å². The van der Waals surface area contributed by atoms with Gasteiger partial charge in [-0.25, -0.2) is 0 Å². The Hall–Kier alpha value is -1.10. The molecule has 100 valence electrons. The molecule has 1 rings (SSSR count). The number of hydrogen-bond donors (Lipinski definition) is 3. The largest absolute Gasteiger partial charge is 0.396 e. The third kappa shape index (κ3) is 5.49. The molecule has 5 heteroatoms. The molecule has 0 aliphatic rings. The number of carbonyl (C=O) groups is 1. The van der Waals surface area contributed by atoms with Crippen LogP contribution in [0.2, 0.25) is 5.02 Å². The second kappa shape index (κ2) is 8.08. The van der Waals surface area contributed by atoms with Gasteiger partial charge in [0.15, 0.2) is 0 Å². The van der Waals surface area contributed by atoms with E-state index in [2.05, 4.69) is 10.6 Å². The summed E-state index contributed by atoms with van der Waals surface area (Å²) in [6.45, 7) is 3.09. The van der Waals surface area contributed by atoms with Crippen LogP contribution < -0.4 is 10.6 Å². The smallest absolute Gasteiger partial charge is 0.238 e. The van der Waals surface area contributed by atoms with Gasteiger partial charge < -0.3 is 15.7 Å². The average molecular weight is 271 g/mol. The van der Waals surface area contributed by atoms with E-state index < -0.39 is 0 Å². The highest BCUT2D eigenvalue weighted by molar-refractivity contribution is 6.31. The molecule has 1 aromatic rings. The Kier molecular flexibility index (Phi) is 6.72. The summed E-state index contributed by atoms with van der Waals surface area (Å²) in [6.07, 6.45) is 1.61. The maximum atomic E-state index is 11.6. The fraction of sp³-hybridized carbons (Fsp3) is 0.462. The lowest BCUT2D eigenvalue weighted by Gasteiger charge is -2.09. The third-order valence-electron chi connectivity index (χ3n) is 2.52. The van der Waals surface area contributed by atoms with Crippen molar-refractivity contribution in [3.8, 4) is 0 Å². The highest BCUT2D eigenvalue weighted by atomic mass is 35.5. The van der Waals surface area contributed by atoms with E-state index in [1.54, 1.807) is 12.1 Å². The third-order valence-corrected chi connectivity index (χ3v) is 2.76. The summed E-state index contributed by atoms with van der Waals surface area (Å²) in [6, 6.07) is 5.40. The quantitative estimate of drug-likeness (QED) is 0.664. The van der Waals surface area contributed by atoms with Crippen molar-refractivity contribution in [2.24, 2.45) is 0 Å². The second-order valence-corrected chi connectivity index (χ2v) is 4.55. The molecule has 0 unspecified atom stereocenters. The van der Waals surface area contributed by atoms with Gasteiger partial charge >= 0.3 is 0 Å². The normalized spacial score (nSPS) is 10.4. The zero-order chi connectivity index (χ0) is 13.4. The van der Waals surface area contributed by atoms with Crippen molar-refractivity contribution in [3.63, 3.8) is 0 Å². The topological polar surface area (TPSA) is 61.4 Å². The maximum Gasteiger partial charge on any atom is 0.238 e. The van der Waals surface area contributed by atoms with Crippen LogP contribution in [0.4, 0.5) is 5.69 Å². The molecule has 1 amide bonds.